The molecule has 1 aliphatic rings. The van der Waals surface area contributed by atoms with Gasteiger partial charge in [0.05, 0.1) is 11.5 Å². The number of rotatable bonds is 7. The molecule has 1 aromatic rings. The van der Waals surface area contributed by atoms with Crippen molar-refractivity contribution in [2.24, 2.45) is 0 Å². The topological polar surface area (TPSA) is 67.9 Å². The summed E-state index contributed by atoms with van der Waals surface area (Å²) >= 11 is 0. The standard InChI is InChI=1S/C14H22N2O4S.ClH/c1-15-12-7-8-16(11-12)21(17,18)14-5-3-13(4-6-14)20-10-9-19-2;/h3-6,12,15H,7-11H2,1-2H3;1H. The molecule has 0 aromatic heterocycles. The normalized spacial score (nSPS) is 18.9. The molecule has 1 N–H and O–H groups in total. The van der Waals surface area contributed by atoms with E-state index in [-0.39, 0.29) is 18.4 Å². The molecule has 0 aliphatic carbocycles. The number of nitrogens with zero attached hydrogens (tertiary/aromatic N) is 1. The lowest BCUT2D eigenvalue weighted by Crippen LogP contribution is -2.33. The third-order valence-corrected chi connectivity index (χ3v) is 5.46. The molecule has 126 valence electrons. The van der Waals surface area contributed by atoms with Crippen LogP contribution in [0.3, 0.4) is 0 Å². The Morgan fingerprint density at radius 2 is 1.95 bits per heavy atom. The van der Waals surface area contributed by atoms with Crippen LogP contribution in [0.15, 0.2) is 29.2 Å². The van der Waals surface area contributed by atoms with Crippen LogP contribution in [0.5, 0.6) is 5.75 Å². The second-order valence-electron chi connectivity index (χ2n) is 4.95. The van der Waals surface area contributed by atoms with Gasteiger partial charge in [0.2, 0.25) is 10.0 Å². The minimum Gasteiger partial charge on any atom is -0.491 e. The van der Waals surface area contributed by atoms with Crippen molar-refractivity contribution in [3.63, 3.8) is 0 Å². The molecule has 2 rings (SSSR count). The van der Waals surface area contributed by atoms with E-state index in [2.05, 4.69) is 5.32 Å². The smallest absolute Gasteiger partial charge is 0.243 e. The molecular weight excluding hydrogens is 328 g/mol. The highest BCUT2D eigenvalue weighted by molar-refractivity contribution is 7.89. The maximum absolute atomic E-state index is 12.5. The Morgan fingerprint density at radius 1 is 1.27 bits per heavy atom. The monoisotopic (exact) mass is 350 g/mol. The average Bonchev–Trinajstić information content (AvgIpc) is 2.98. The van der Waals surface area contributed by atoms with Gasteiger partial charge in [-0.2, -0.15) is 4.31 Å². The SMILES string of the molecule is CNC1CCN(S(=O)(=O)c2ccc(OCCOC)cc2)C1.Cl. The summed E-state index contributed by atoms with van der Waals surface area (Å²) in [7, 11) is 0.0482. The molecule has 0 radical (unpaired) electrons. The van der Waals surface area contributed by atoms with Crippen molar-refractivity contribution in [2.75, 3.05) is 40.5 Å². The van der Waals surface area contributed by atoms with E-state index in [0.29, 0.717) is 36.9 Å². The van der Waals surface area contributed by atoms with E-state index in [0.717, 1.165) is 6.42 Å². The van der Waals surface area contributed by atoms with Crippen molar-refractivity contribution < 1.29 is 17.9 Å². The van der Waals surface area contributed by atoms with Crippen LogP contribution < -0.4 is 10.1 Å². The number of benzene rings is 1. The van der Waals surface area contributed by atoms with Gasteiger partial charge in [-0.25, -0.2) is 8.42 Å². The molecule has 0 amide bonds. The molecule has 0 saturated carbocycles. The second-order valence-corrected chi connectivity index (χ2v) is 6.89. The predicted molar refractivity (Wildman–Crippen MR) is 87.3 cm³/mol. The summed E-state index contributed by atoms with van der Waals surface area (Å²) in [6.45, 7) is 2.02. The van der Waals surface area contributed by atoms with E-state index in [1.807, 2.05) is 7.05 Å². The molecule has 1 atom stereocenters. The first-order chi connectivity index (χ1) is 10.1. The van der Waals surface area contributed by atoms with Gasteiger partial charge in [0, 0.05) is 26.2 Å². The fourth-order valence-electron chi connectivity index (χ4n) is 2.28. The van der Waals surface area contributed by atoms with Crippen LogP contribution in [0.1, 0.15) is 6.42 Å². The Hall–Kier alpha value is -0.860. The quantitative estimate of drug-likeness (QED) is 0.746. The van der Waals surface area contributed by atoms with E-state index >= 15 is 0 Å². The molecule has 8 heteroatoms. The van der Waals surface area contributed by atoms with Gasteiger partial charge in [0.15, 0.2) is 0 Å². The molecule has 1 unspecified atom stereocenters. The zero-order valence-electron chi connectivity index (χ0n) is 12.8. The van der Waals surface area contributed by atoms with Crippen LogP contribution in [0.4, 0.5) is 0 Å². The highest BCUT2D eigenvalue weighted by atomic mass is 35.5. The molecule has 1 saturated heterocycles. The fourth-order valence-corrected chi connectivity index (χ4v) is 3.78. The molecule has 22 heavy (non-hydrogen) atoms. The van der Waals surface area contributed by atoms with Gasteiger partial charge >= 0.3 is 0 Å². The predicted octanol–water partition coefficient (Wildman–Crippen LogP) is 1.12. The van der Waals surface area contributed by atoms with Crippen LogP contribution in [0.25, 0.3) is 0 Å². The van der Waals surface area contributed by atoms with E-state index in [4.69, 9.17) is 9.47 Å². The van der Waals surface area contributed by atoms with Crippen LogP contribution in [0.2, 0.25) is 0 Å². The summed E-state index contributed by atoms with van der Waals surface area (Å²) in [5.41, 5.74) is 0. The van der Waals surface area contributed by atoms with Gasteiger partial charge in [-0.15, -0.1) is 12.4 Å². The number of sulfonamides is 1. The Morgan fingerprint density at radius 3 is 2.50 bits per heavy atom. The average molecular weight is 351 g/mol. The van der Waals surface area contributed by atoms with Gasteiger partial charge in [-0.3, -0.25) is 0 Å². The summed E-state index contributed by atoms with van der Waals surface area (Å²) in [6.07, 6.45) is 0.841. The number of ether oxygens (including phenoxy) is 2. The summed E-state index contributed by atoms with van der Waals surface area (Å²) in [6, 6.07) is 6.76. The Balaban J connectivity index is 0.00000242. The molecular formula is C14H23ClN2O4S. The summed E-state index contributed by atoms with van der Waals surface area (Å²) in [4.78, 5) is 0.304. The van der Waals surface area contributed by atoms with Crippen molar-refractivity contribution in [2.45, 2.75) is 17.4 Å². The lowest BCUT2D eigenvalue weighted by Gasteiger charge is -2.16. The fraction of sp³-hybridized carbons (Fsp3) is 0.571. The zero-order valence-corrected chi connectivity index (χ0v) is 14.5. The van der Waals surface area contributed by atoms with Crippen molar-refractivity contribution >= 4 is 22.4 Å². The van der Waals surface area contributed by atoms with Crippen LogP contribution >= 0.6 is 12.4 Å². The Labute approximate surface area is 138 Å². The third-order valence-electron chi connectivity index (χ3n) is 3.58. The zero-order chi connectivity index (χ0) is 15.3. The van der Waals surface area contributed by atoms with Crippen molar-refractivity contribution in [1.29, 1.82) is 0 Å². The molecule has 0 bridgehead atoms. The lowest BCUT2D eigenvalue weighted by atomic mass is 10.3. The Kier molecular flexibility index (Phi) is 7.58. The van der Waals surface area contributed by atoms with Crippen LogP contribution in [-0.2, 0) is 14.8 Å². The van der Waals surface area contributed by atoms with Crippen molar-refractivity contribution in [3.05, 3.63) is 24.3 Å². The highest BCUT2D eigenvalue weighted by Crippen LogP contribution is 2.23. The molecule has 1 fully saturated rings. The number of halogens is 1. The van der Waals surface area contributed by atoms with E-state index in [1.54, 1.807) is 31.4 Å². The van der Waals surface area contributed by atoms with Gasteiger partial charge in [-0.1, -0.05) is 0 Å². The number of hydrogen-bond acceptors (Lipinski definition) is 5. The number of methoxy groups -OCH3 is 1. The maximum atomic E-state index is 12.5. The van der Waals surface area contributed by atoms with Crippen molar-refractivity contribution in [1.82, 2.24) is 9.62 Å². The van der Waals surface area contributed by atoms with Crippen molar-refractivity contribution in [3.8, 4) is 5.75 Å². The molecule has 1 heterocycles. The highest BCUT2D eigenvalue weighted by Gasteiger charge is 2.31. The molecule has 1 aliphatic heterocycles. The van der Waals surface area contributed by atoms with E-state index in [1.165, 1.54) is 4.31 Å². The van der Waals surface area contributed by atoms with E-state index in [9.17, 15) is 8.42 Å². The second kappa shape index (κ2) is 8.69. The van der Waals surface area contributed by atoms with Crippen LogP contribution in [-0.4, -0.2) is 59.2 Å². The van der Waals surface area contributed by atoms with Gasteiger partial charge in [-0.05, 0) is 37.7 Å². The summed E-state index contributed by atoms with van der Waals surface area (Å²) < 4.78 is 36.9. The largest absolute Gasteiger partial charge is 0.491 e. The van der Waals surface area contributed by atoms with E-state index < -0.39 is 10.0 Å². The minimum absolute atomic E-state index is 0. The first kappa shape index (κ1) is 19.2. The number of likely N-dealkylation sites (N-methyl/N-ethyl adjacent to an activating group) is 1. The molecule has 1 aromatic carbocycles. The number of hydrogen-bond donors (Lipinski definition) is 1. The van der Waals surface area contributed by atoms with Gasteiger partial charge < -0.3 is 14.8 Å². The summed E-state index contributed by atoms with van der Waals surface area (Å²) in [5, 5.41) is 3.12. The Bertz CT molecular complexity index is 550. The van der Waals surface area contributed by atoms with Crippen LogP contribution in [0, 0.1) is 0 Å². The third kappa shape index (κ3) is 4.57. The maximum Gasteiger partial charge on any atom is 0.243 e. The molecule has 0 spiro atoms. The molecule has 6 nitrogen and oxygen atoms in total. The summed E-state index contributed by atoms with van der Waals surface area (Å²) in [5.74, 6) is 0.639. The first-order valence-corrected chi connectivity index (χ1v) is 8.41. The minimum atomic E-state index is -3.41. The van der Waals surface area contributed by atoms with Gasteiger partial charge in [0.1, 0.15) is 12.4 Å². The number of nitrogens with one attached hydrogen (secondary N) is 1. The first-order valence-electron chi connectivity index (χ1n) is 6.97. The lowest BCUT2D eigenvalue weighted by molar-refractivity contribution is 0.146. The van der Waals surface area contributed by atoms with Gasteiger partial charge in [0.25, 0.3) is 0 Å².